The van der Waals surface area contributed by atoms with Crippen LogP contribution in [0.2, 0.25) is 0 Å². The molecule has 1 unspecified atom stereocenters. The summed E-state index contributed by atoms with van der Waals surface area (Å²) in [6.07, 6.45) is 1.62. The van der Waals surface area contributed by atoms with Crippen molar-refractivity contribution in [1.82, 2.24) is 4.72 Å². The van der Waals surface area contributed by atoms with E-state index in [1.807, 2.05) is 0 Å². The second-order valence-electron chi connectivity index (χ2n) is 2.46. The van der Waals surface area contributed by atoms with Crippen molar-refractivity contribution in [1.29, 1.82) is 0 Å². The van der Waals surface area contributed by atoms with Crippen LogP contribution in [0.15, 0.2) is 0 Å². The molecule has 0 aromatic heterocycles. The fraction of sp³-hybridized carbons (Fsp3) is 1.00. The van der Waals surface area contributed by atoms with Gasteiger partial charge in [-0.25, -0.2) is 8.93 Å². The molecule has 0 bridgehead atoms. The topological polar surface area (TPSA) is 67.8 Å². The Bertz CT molecular complexity index is 134. The summed E-state index contributed by atoms with van der Waals surface area (Å²) in [7, 11) is 1.65. The Labute approximate surface area is 81.2 Å². The van der Waals surface area contributed by atoms with Crippen molar-refractivity contribution in [3.63, 3.8) is 0 Å². The summed E-state index contributed by atoms with van der Waals surface area (Å²) in [6.45, 7) is 2.48. The summed E-state index contributed by atoms with van der Waals surface area (Å²) < 4.78 is 30.9. The van der Waals surface area contributed by atoms with Gasteiger partial charge in [0.25, 0.3) is 0 Å². The van der Waals surface area contributed by atoms with Crippen LogP contribution in [-0.2, 0) is 20.7 Å². The zero-order valence-corrected chi connectivity index (χ0v) is 8.64. The van der Waals surface area contributed by atoms with Gasteiger partial charge in [0.2, 0.25) is 11.3 Å². The first-order chi connectivity index (χ1) is 6.27. The minimum Gasteiger partial charge on any atom is -0.385 e. The van der Waals surface area contributed by atoms with E-state index in [0.29, 0.717) is 26.4 Å². The van der Waals surface area contributed by atoms with Gasteiger partial charge in [-0.1, -0.05) is 0 Å². The van der Waals surface area contributed by atoms with Crippen LogP contribution in [-0.4, -0.2) is 42.2 Å². The summed E-state index contributed by atoms with van der Waals surface area (Å²) in [6, 6.07) is 0. The number of hydrogen-bond acceptors (Lipinski definition) is 3. The molecule has 0 spiro atoms. The van der Waals surface area contributed by atoms with E-state index >= 15 is 0 Å². The molecule has 2 N–H and O–H groups in total. The second kappa shape index (κ2) is 10.1. The molecular weight excluding hydrogens is 194 g/mol. The maximum atomic E-state index is 10.1. The molecule has 1 atom stereocenters. The third-order valence-electron chi connectivity index (χ3n) is 1.33. The van der Waals surface area contributed by atoms with Gasteiger partial charge in [-0.3, -0.25) is 4.55 Å². The zero-order valence-electron chi connectivity index (χ0n) is 7.82. The molecule has 0 aliphatic rings. The van der Waals surface area contributed by atoms with E-state index in [4.69, 9.17) is 14.0 Å². The molecule has 0 saturated heterocycles. The lowest BCUT2D eigenvalue weighted by molar-refractivity contribution is 0.102. The highest BCUT2D eigenvalue weighted by Crippen LogP contribution is 1.86. The lowest BCUT2D eigenvalue weighted by Crippen LogP contribution is -2.18. The minimum absolute atomic E-state index is 0.493. The highest BCUT2D eigenvalue weighted by molar-refractivity contribution is 7.77. The van der Waals surface area contributed by atoms with Gasteiger partial charge >= 0.3 is 0 Å². The average molecular weight is 211 g/mol. The van der Waals surface area contributed by atoms with Gasteiger partial charge in [0, 0.05) is 33.5 Å². The maximum Gasteiger partial charge on any atom is 0.231 e. The Morgan fingerprint density at radius 2 is 2.00 bits per heavy atom. The van der Waals surface area contributed by atoms with Gasteiger partial charge in [0.05, 0.1) is 0 Å². The van der Waals surface area contributed by atoms with Crippen molar-refractivity contribution in [3.05, 3.63) is 0 Å². The van der Waals surface area contributed by atoms with Crippen LogP contribution >= 0.6 is 0 Å². The van der Waals surface area contributed by atoms with Crippen LogP contribution in [0.25, 0.3) is 0 Å². The van der Waals surface area contributed by atoms with Crippen LogP contribution in [0.1, 0.15) is 12.8 Å². The van der Waals surface area contributed by atoms with Gasteiger partial charge in [-0.2, -0.15) is 0 Å². The Kier molecular flexibility index (Phi) is 10.1. The Morgan fingerprint density at radius 3 is 2.62 bits per heavy atom. The van der Waals surface area contributed by atoms with E-state index in [-0.39, 0.29) is 0 Å². The van der Waals surface area contributed by atoms with Crippen LogP contribution in [0.4, 0.5) is 0 Å². The van der Waals surface area contributed by atoms with Gasteiger partial charge in [0.1, 0.15) is 0 Å². The number of methoxy groups -OCH3 is 1. The van der Waals surface area contributed by atoms with E-state index in [1.54, 1.807) is 7.11 Å². The summed E-state index contributed by atoms with van der Waals surface area (Å²) in [5.41, 5.74) is 0. The monoisotopic (exact) mass is 211 g/mol. The Morgan fingerprint density at radius 1 is 1.31 bits per heavy atom. The van der Waals surface area contributed by atoms with Crippen molar-refractivity contribution in [2.45, 2.75) is 12.8 Å². The molecule has 0 aliphatic carbocycles. The molecule has 0 amide bonds. The van der Waals surface area contributed by atoms with E-state index in [9.17, 15) is 4.21 Å². The van der Waals surface area contributed by atoms with Gasteiger partial charge in [0.15, 0.2) is 0 Å². The van der Waals surface area contributed by atoms with Crippen LogP contribution in [0, 0.1) is 0 Å². The molecule has 0 heterocycles. The Balaban J connectivity index is 2.87. The summed E-state index contributed by atoms with van der Waals surface area (Å²) in [5, 5.41) is 0. The molecule has 80 valence electrons. The molecule has 13 heavy (non-hydrogen) atoms. The van der Waals surface area contributed by atoms with Crippen LogP contribution < -0.4 is 4.72 Å². The first-order valence-corrected chi connectivity index (χ1v) is 5.29. The van der Waals surface area contributed by atoms with E-state index in [1.165, 1.54) is 0 Å². The van der Waals surface area contributed by atoms with Crippen molar-refractivity contribution >= 4 is 11.3 Å². The second-order valence-corrected chi connectivity index (χ2v) is 3.24. The van der Waals surface area contributed by atoms with Crippen LogP contribution in [0.3, 0.4) is 0 Å². The van der Waals surface area contributed by atoms with Gasteiger partial charge < -0.3 is 9.47 Å². The highest BCUT2D eigenvalue weighted by Gasteiger charge is 1.92. The molecule has 0 aliphatic heterocycles. The SMILES string of the molecule is COCCCOCCCNS(=O)O. The standard InChI is InChI=1S/C7H17NO4S/c1-11-5-3-7-12-6-2-4-8-13(9)10/h8H,2-7H2,1H3,(H,9,10). The smallest absolute Gasteiger partial charge is 0.231 e. The fourth-order valence-electron chi connectivity index (χ4n) is 0.741. The molecule has 0 saturated carbocycles. The number of ether oxygens (including phenoxy) is 2. The minimum atomic E-state index is -1.90. The average Bonchev–Trinajstić information content (AvgIpc) is 2.09. The predicted octanol–water partition coefficient (Wildman–Crippen LogP) is 0.156. The summed E-state index contributed by atoms with van der Waals surface area (Å²) in [5.74, 6) is 0. The van der Waals surface area contributed by atoms with Crippen molar-refractivity contribution in [2.75, 3.05) is 33.5 Å². The molecular formula is C7H17NO4S. The molecule has 0 fully saturated rings. The quantitative estimate of drug-likeness (QED) is 0.421. The number of rotatable bonds is 9. The van der Waals surface area contributed by atoms with E-state index in [0.717, 1.165) is 12.8 Å². The lowest BCUT2D eigenvalue weighted by atomic mass is 10.4. The van der Waals surface area contributed by atoms with Crippen LogP contribution in [0.5, 0.6) is 0 Å². The Hall–Kier alpha value is -0.0100. The van der Waals surface area contributed by atoms with E-state index in [2.05, 4.69) is 4.72 Å². The van der Waals surface area contributed by atoms with E-state index < -0.39 is 11.3 Å². The molecule has 0 aromatic carbocycles. The molecule has 0 rings (SSSR count). The highest BCUT2D eigenvalue weighted by atomic mass is 32.2. The van der Waals surface area contributed by atoms with Crippen molar-refractivity contribution in [2.24, 2.45) is 0 Å². The lowest BCUT2D eigenvalue weighted by Gasteiger charge is -2.03. The van der Waals surface area contributed by atoms with Crippen molar-refractivity contribution < 1.29 is 18.2 Å². The maximum absolute atomic E-state index is 10.1. The normalized spacial score (nSPS) is 13.1. The zero-order chi connectivity index (χ0) is 9.94. The molecule has 5 nitrogen and oxygen atoms in total. The molecule has 0 radical (unpaired) electrons. The predicted molar refractivity (Wildman–Crippen MR) is 50.7 cm³/mol. The first kappa shape index (κ1) is 13.0. The molecule has 6 heteroatoms. The first-order valence-electron chi connectivity index (χ1n) is 4.18. The fourth-order valence-corrected chi connectivity index (χ4v) is 1.06. The van der Waals surface area contributed by atoms with Crippen molar-refractivity contribution in [3.8, 4) is 0 Å². The number of nitrogens with one attached hydrogen (secondary N) is 1. The number of hydrogen-bond donors (Lipinski definition) is 2. The largest absolute Gasteiger partial charge is 0.385 e. The van der Waals surface area contributed by atoms with Gasteiger partial charge in [-0.05, 0) is 12.8 Å². The summed E-state index contributed by atoms with van der Waals surface area (Å²) in [4.78, 5) is 0. The third kappa shape index (κ3) is 12.0. The summed E-state index contributed by atoms with van der Waals surface area (Å²) >= 11 is -1.90. The molecule has 0 aromatic rings. The van der Waals surface area contributed by atoms with Gasteiger partial charge in [-0.15, -0.1) is 0 Å². The third-order valence-corrected chi connectivity index (χ3v) is 1.78.